The minimum atomic E-state index is -0.0360. The van der Waals surface area contributed by atoms with Gasteiger partial charge < -0.3 is 15.8 Å². The lowest BCUT2D eigenvalue weighted by molar-refractivity contribution is -0.117. The molecule has 17 heavy (non-hydrogen) atoms. The van der Waals surface area contributed by atoms with Crippen molar-refractivity contribution in [2.45, 2.75) is 32.9 Å². The molecule has 1 aromatic carbocycles. The van der Waals surface area contributed by atoms with Gasteiger partial charge in [0, 0.05) is 12.2 Å². The molecule has 0 unspecified atom stereocenters. The van der Waals surface area contributed by atoms with E-state index in [1.54, 1.807) is 0 Å². The van der Waals surface area contributed by atoms with Crippen molar-refractivity contribution in [2.24, 2.45) is 5.73 Å². The van der Waals surface area contributed by atoms with Crippen LogP contribution < -0.4 is 11.1 Å². The van der Waals surface area contributed by atoms with Crippen LogP contribution in [0.5, 0.6) is 0 Å². The molecular weight excluding hydrogens is 216 g/mol. The smallest absolute Gasteiger partial charge is 0.226 e. The zero-order valence-electron chi connectivity index (χ0n) is 10.4. The van der Waals surface area contributed by atoms with E-state index in [0.717, 1.165) is 11.3 Å². The number of nitrogens with two attached hydrogens (primary N) is 1. The third kappa shape index (κ3) is 5.47. The highest BCUT2D eigenvalue weighted by molar-refractivity contribution is 5.90. The zero-order chi connectivity index (χ0) is 12.7. The maximum absolute atomic E-state index is 11.5. The lowest BCUT2D eigenvalue weighted by Gasteiger charge is -2.08. The van der Waals surface area contributed by atoms with Crippen LogP contribution in [-0.2, 0) is 16.1 Å². The van der Waals surface area contributed by atoms with Crippen LogP contribution in [0.25, 0.3) is 0 Å². The summed E-state index contributed by atoms with van der Waals surface area (Å²) in [5, 5.41) is 2.81. The van der Waals surface area contributed by atoms with E-state index in [2.05, 4.69) is 5.32 Å². The summed E-state index contributed by atoms with van der Waals surface area (Å²) < 4.78 is 5.31. The Morgan fingerprint density at radius 2 is 2.00 bits per heavy atom. The third-order valence-electron chi connectivity index (χ3n) is 2.25. The molecule has 0 bridgehead atoms. The van der Waals surface area contributed by atoms with Crippen molar-refractivity contribution in [1.29, 1.82) is 0 Å². The van der Waals surface area contributed by atoms with Gasteiger partial charge in [0.15, 0.2) is 0 Å². The molecule has 3 N–H and O–H groups in total. The number of carbonyl (C=O) groups is 1. The van der Waals surface area contributed by atoms with Gasteiger partial charge in [0.2, 0.25) is 5.91 Å². The van der Waals surface area contributed by atoms with Gasteiger partial charge >= 0.3 is 0 Å². The van der Waals surface area contributed by atoms with E-state index in [4.69, 9.17) is 10.5 Å². The zero-order valence-corrected chi connectivity index (χ0v) is 10.4. The fourth-order valence-electron chi connectivity index (χ4n) is 1.33. The van der Waals surface area contributed by atoms with Gasteiger partial charge in [-0.05, 0) is 31.5 Å². The molecule has 0 aliphatic heterocycles. The van der Waals surface area contributed by atoms with Crippen LogP contribution in [0, 0.1) is 0 Å². The van der Waals surface area contributed by atoms with Gasteiger partial charge in [-0.25, -0.2) is 0 Å². The monoisotopic (exact) mass is 236 g/mol. The average Bonchev–Trinajstić information content (AvgIpc) is 2.29. The van der Waals surface area contributed by atoms with Crippen LogP contribution in [-0.4, -0.2) is 18.6 Å². The van der Waals surface area contributed by atoms with Gasteiger partial charge in [0.1, 0.15) is 0 Å². The summed E-state index contributed by atoms with van der Waals surface area (Å²) in [7, 11) is 0. The summed E-state index contributed by atoms with van der Waals surface area (Å²) in [6, 6.07) is 7.51. The minimum absolute atomic E-state index is 0.0360. The van der Waals surface area contributed by atoms with Crippen molar-refractivity contribution in [2.75, 3.05) is 11.9 Å². The fourth-order valence-corrected chi connectivity index (χ4v) is 1.33. The Labute approximate surface area is 102 Å². The molecule has 0 spiro atoms. The number of ether oxygens (including phenoxy) is 1. The highest BCUT2D eigenvalue weighted by Crippen LogP contribution is 2.09. The number of carbonyl (C=O) groups excluding carboxylic acids is 1. The van der Waals surface area contributed by atoms with Crippen LogP contribution in [0.3, 0.4) is 0 Å². The van der Waals surface area contributed by atoms with Crippen molar-refractivity contribution < 1.29 is 9.53 Å². The summed E-state index contributed by atoms with van der Waals surface area (Å²) in [6.07, 6.45) is 0.531. The van der Waals surface area contributed by atoms with Gasteiger partial charge in [0.25, 0.3) is 0 Å². The van der Waals surface area contributed by atoms with E-state index in [1.807, 2.05) is 38.1 Å². The number of rotatable bonds is 6. The quantitative estimate of drug-likeness (QED) is 0.793. The summed E-state index contributed by atoms with van der Waals surface area (Å²) >= 11 is 0. The second-order valence-electron chi connectivity index (χ2n) is 4.12. The van der Waals surface area contributed by atoms with Crippen LogP contribution in [0.1, 0.15) is 25.8 Å². The van der Waals surface area contributed by atoms with Crippen LogP contribution in [0.15, 0.2) is 24.3 Å². The molecule has 0 atom stereocenters. The maximum Gasteiger partial charge on any atom is 0.226 e. The molecule has 0 aliphatic rings. The Morgan fingerprint density at radius 3 is 2.53 bits per heavy atom. The first kappa shape index (κ1) is 13.7. The average molecular weight is 236 g/mol. The Bertz CT molecular complexity index is 347. The molecular formula is C13H20N2O2. The number of hydrogen-bond acceptors (Lipinski definition) is 3. The largest absolute Gasteiger partial charge is 0.378 e. The van der Waals surface area contributed by atoms with E-state index in [1.165, 1.54) is 0 Å². The van der Waals surface area contributed by atoms with Crippen molar-refractivity contribution in [3.63, 3.8) is 0 Å². The van der Waals surface area contributed by atoms with E-state index >= 15 is 0 Å². The number of nitrogens with one attached hydrogen (secondary N) is 1. The van der Waals surface area contributed by atoms with Crippen LogP contribution in [0.2, 0.25) is 0 Å². The predicted molar refractivity (Wildman–Crippen MR) is 68.7 cm³/mol. The highest BCUT2D eigenvalue weighted by atomic mass is 16.5. The molecule has 0 aliphatic carbocycles. The molecule has 4 heteroatoms. The molecule has 1 aromatic rings. The summed E-state index contributed by atoms with van der Waals surface area (Å²) in [4.78, 5) is 11.5. The first-order valence-corrected chi connectivity index (χ1v) is 5.82. The van der Waals surface area contributed by atoms with Gasteiger partial charge in [0.05, 0.1) is 19.1 Å². The molecule has 94 valence electrons. The molecule has 4 nitrogen and oxygen atoms in total. The summed E-state index contributed by atoms with van der Waals surface area (Å²) in [6.45, 7) is 4.85. The molecule has 0 saturated carbocycles. The van der Waals surface area contributed by atoms with Crippen molar-refractivity contribution >= 4 is 11.6 Å². The van der Waals surface area contributed by atoms with Crippen molar-refractivity contribution in [3.8, 4) is 0 Å². The molecule has 0 saturated heterocycles. The van der Waals surface area contributed by atoms with Crippen LogP contribution >= 0.6 is 0 Å². The van der Waals surface area contributed by atoms with Gasteiger partial charge in [-0.2, -0.15) is 0 Å². The Hall–Kier alpha value is -1.39. The van der Waals surface area contributed by atoms with E-state index in [9.17, 15) is 4.79 Å². The van der Waals surface area contributed by atoms with E-state index in [-0.39, 0.29) is 12.0 Å². The second-order valence-corrected chi connectivity index (χ2v) is 4.12. The molecule has 0 heterocycles. The van der Waals surface area contributed by atoms with Gasteiger partial charge in [-0.1, -0.05) is 12.1 Å². The van der Waals surface area contributed by atoms with E-state index < -0.39 is 0 Å². The first-order chi connectivity index (χ1) is 8.11. The lowest BCUT2D eigenvalue weighted by Crippen LogP contribution is -2.15. The number of anilines is 1. The van der Waals surface area contributed by atoms with Crippen LogP contribution in [0.4, 0.5) is 5.69 Å². The number of benzene rings is 1. The SMILES string of the molecule is CC(C)OCCC(=O)Nc1ccc(CN)cc1. The summed E-state index contributed by atoms with van der Waals surface area (Å²) in [5.41, 5.74) is 7.33. The Morgan fingerprint density at radius 1 is 1.35 bits per heavy atom. The number of amides is 1. The van der Waals surface area contributed by atoms with Crippen molar-refractivity contribution in [3.05, 3.63) is 29.8 Å². The lowest BCUT2D eigenvalue weighted by atomic mass is 10.2. The van der Waals surface area contributed by atoms with Gasteiger partial charge in [-0.15, -0.1) is 0 Å². The van der Waals surface area contributed by atoms with Gasteiger partial charge in [-0.3, -0.25) is 4.79 Å². The third-order valence-corrected chi connectivity index (χ3v) is 2.25. The minimum Gasteiger partial charge on any atom is -0.378 e. The first-order valence-electron chi connectivity index (χ1n) is 5.82. The topological polar surface area (TPSA) is 64.3 Å². The predicted octanol–water partition coefficient (Wildman–Crippen LogP) is 1.90. The highest BCUT2D eigenvalue weighted by Gasteiger charge is 2.03. The molecule has 1 amide bonds. The second kappa shape index (κ2) is 7.04. The maximum atomic E-state index is 11.5. The van der Waals surface area contributed by atoms with E-state index in [0.29, 0.717) is 19.6 Å². The molecule has 0 aromatic heterocycles. The Kier molecular flexibility index (Phi) is 5.66. The fraction of sp³-hybridized carbons (Fsp3) is 0.462. The normalized spacial score (nSPS) is 10.6. The molecule has 0 radical (unpaired) electrons. The number of hydrogen-bond donors (Lipinski definition) is 2. The summed E-state index contributed by atoms with van der Waals surface area (Å²) in [5.74, 6) is -0.0360. The molecule has 0 fully saturated rings. The molecule has 1 rings (SSSR count). The van der Waals surface area contributed by atoms with Crippen molar-refractivity contribution in [1.82, 2.24) is 0 Å². The standard InChI is InChI=1S/C13H20N2O2/c1-10(2)17-8-7-13(16)15-12-5-3-11(9-14)4-6-12/h3-6,10H,7-9,14H2,1-2H3,(H,15,16). The Balaban J connectivity index is 2.34.